The van der Waals surface area contributed by atoms with Crippen molar-refractivity contribution in [2.24, 2.45) is 0 Å². The van der Waals surface area contributed by atoms with Crippen LogP contribution in [-0.2, 0) is 10.8 Å². The molecule has 3 nitrogen and oxygen atoms in total. The van der Waals surface area contributed by atoms with Gasteiger partial charge in [0.15, 0.2) is 0 Å². The quantitative estimate of drug-likeness (QED) is 0.268. The van der Waals surface area contributed by atoms with Crippen molar-refractivity contribution in [3.8, 4) is 6.07 Å². The number of likely N-dealkylation sites (tertiary alicyclic amines) is 1. The minimum absolute atomic E-state index is 0.309. The van der Waals surface area contributed by atoms with Crippen molar-refractivity contribution in [3.05, 3.63) is 136 Å². The van der Waals surface area contributed by atoms with E-state index in [1.165, 1.54) is 33.4 Å². The Hall–Kier alpha value is -3.74. The first-order chi connectivity index (χ1) is 18.4. The molecule has 5 rings (SSSR count). The van der Waals surface area contributed by atoms with Crippen molar-refractivity contribution in [1.82, 2.24) is 9.88 Å². The second kappa shape index (κ2) is 10.9. The number of nitrogens with zero attached hydrogens (tertiary/aromatic N) is 3. The average Bonchev–Trinajstić information content (AvgIpc) is 2.96. The number of aromatic nitrogens is 1. The third-order valence-corrected chi connectivity index (χ3v) is 8.57. The van der Waals surface area contributed by atoms with E-state index in [1.807, 2.05) is 12.4 Å². The monoisotopic (exact) mass is 499 g/mol. The zero-order chi connectivity index (χ0) is 26.6. The SMILES string of the molecule is Cc1ccc(C2(C#N)CCN(CCC(c3ccc(C)cc3)(c3ccc(C)cc3)c3cccnc3)CC2)cc1. The van der Waals surface area contributed by atoms with Crippen molar-refractivity contribution in [2.75, 3.05) is 19.6 Å². The smallest absolute Gasteiger partial charge is 0.0846 e. The van der Waals surface area contributed by atoms with E-state index in [4.69, 9.17) is 0 Å². The fourth-order valence-electron chi connectivity index (χ4n) is 6.05. The molecular formula is C35H37N3. The lowest BCUT2D eigenvalue weighted by Crippen LogP contribution is -2.44. The van der Waals surface area contributed by atoms with E-state index in [9.17, 15) is 5.26 Å². The summed E-state index contributed by atoms with van der Waals surface area (Å²) in [5, 5.41) is 10.2. The van der Waals surface area contributed by atoms with Crippen LogP contribution in [0.2, 0.25) is 0 Å². The molecule has 0 bridgehead atoms. The molecule has 1 aromatic heterocycles. The highest BCUT2D eigenvalue weighted by Gasteiger charge is 2.40. The van der Waals surface area contributed by atoms with Crippen LogP contribution in [0, 0.1) is 32.1 Å². The molecule has 1 fully saturated rings. The van der Waals surface area contributed by atoms with Crippen LogP contribution >= 0.6 is 0 Å². The van der Waals surface area contributed by atoms with Crippen LogP contribution in [0.15, 0.2) is 97.3 Å². The van der Waals surface area contributed by atoms with Crippen LogP contribution in [0.3, 0.4) is 0 Å². The number of benzene rings is 3. The van der Waals surface area contributed by atoms with E-state index in [-0.39, 0.29) is 5.41 Å². The summed E-state index contributed by atoms with van der Waals surface area (Å²) in [7, 11) is 0. The molecule has 0 atom stereocenters. The molecule has 1 aliphatic heterocycles. The second-order valence-corrected chi connectivity index (χ2v) is 11.0. The maximum Gasteiger partial charge on any atom is 0.0846 e. The van der Waals surface area contributed by atoms with Gasteiger partial charge in [-0.2, -0.15) is 5.26 Å². The van der Waals surface area contributed by atoms with Crippen molar-refractivity contribution >= 4 is 0 Å². The van der Waals surface area contributed by atoms with Gasteiger partial charge in [0.1, 0.15) is 0 Å². The first-order valence-corrected chi connectivity index (χ1v) is 13.7. The summed E-state index contributed by atoms with van der Waals surface area (Å²) in [4.78, 5) is 7.10. The highest BCUT2D eigenvalue weighted by molar-refractivity contribution is 5.50. The molecule has 192 valence electrons. The maximum atomic E-state index is 10.2. The molecule has 2 heterocycles. The zero-order valence-electron chi connectivity index (χ0n) is 22.8. The molecule has 38 heavy (non-hydrogen) atoms. The van der Waals surface area contributed by atoms with E-state index in [2.05, 4.69) is 122 Å². The molecule has 3 aromatic carbocycles. The van der Waals surface area contributed by atoms with E-state index in [0.29, 0.717) is 0 Å². The van der Waals surface area contributed by atoms with Crippen LogP contribution in [-0.4, -0.2) is 29.5 Å². The molecule has 3 heteroatoms. The Morgan fingerprint density at radius 3 is 1.76 bits per heavy atom. The van der Waals surface area contributed by atoms with Crippen LogP contribution in [0.5, 0.6) is 0 Å². The lowest BCUT2D eigenvalue weighted by Gasteiger charge is -2.41. The number of pyridine rings is 1. The minimum atomic E-state index is -0.390. The van der Waals surface area contributed by atoms with Gasteiger partial charge in [-0.15, -0.1) is 0 Å². The normalized spacial score (nSPS) is 15.6. The number of piperidine rings is 1. The Morgan fingerprint density at radius 1 is 0.763 bits per heavy atom. The molecule has 4 aromatic rings. The Balaban J connectivity index is 1.46. The summed E-state index contributed by atoms with van der Waals surface area (Å²) in [5.74, 6) is 0. The first kappa shape index (κ1) is 25.9. The van der Waals surface area contributed by atoms with E-state index in [0.717, 1.165) is 44.5 Å². The van der Waals surface area contributed by atoms with Gasteiger partial charge in [-0.1, -0.05) is 95.6 Å². The van der Waals surface area contributed by atoms with E-state index < -0.39 is 5.41 Å². The summed E-state index contributed by atoms with van der Waals surface area (Å²) in [6, 6.07) is 33.6. The summed E-state index contributed by atoms with van der Waals surface area (Å²) < 4.78 is 0. The predicted molar refractivity (Wildman–Crippen MR) is 155 cm³/mol. The van der Waals surface area contributed by atoms with Gasteiger partial charge in [0.2, 0.25) is 0 Å². The van der Waals surface area contributed by atoms with Crippen molar-refractivity contribution in [2.45, 2.75) is 50.9 Å². The largest absolute Gasteiger partial charge is 0.303 e. The average molecular weight is 500 g/mol. The number of aryl methyl sites for hydroxylation is 3. The van der Waals surface area contributed by atoms with Gasteiger partial charge in [-0.25, -0.2) is 0 Å². The van der Waals surface area contributed by atoms with E-state index >= 15 is 0 Å². The molecule has 0 aliphatic carbocycles. The summed E-state index contributed by atoms with van der Waals surface area (Å²) >= 11 is 0. The van der Waals surface area contributed by atoms with Gasteiger partial charge < -0.3 is 4.90 Å². The van der Waals surface area contributed by atoms with Crippen molar-refractivity contribution < 1.29 is 0 Å². The first-order valence-electron chi connectivity index (χ1n) is 13.7. The van der Waals surface area contributed by atoms with Gasteiger partial charge >= 0.3 is 0 Å². The van der Waals surface area contributed by atoms with Gasteiger partial charge in [0.05, 0.1) is 11.5 Å². The Morgan fingerprint density at radius 2 is 1.29 bits per heavy atom. The van der Waals surface area contributed by atoms with E-state index in [1.54, 1.807) is 0 Å². The topological polar surface area (TPSA) is 39.9 Å². The second-order valence-electron chi connectivity index (χ2n) is 11.0. The molecule has 0 unspecified atom stereocenters. The standard InChI is InChI=1S/C35H37N3/c1-27-6-12-30(13-7-27)34(26-36)18-22-38(23-19-34)24-20-35(33-5-4-21-37-25-33,31-14-8-28(2)9-15-31)32-16-10-29(3)11-17-32/h4-17,21,25H,18-20,22-24H2,1-3H3. The summed E-state index contributed by atoms with van der Waals surface area (Å²) in [6.07, 6.45) is 6.56. The molecule has 1 aliphatic rings. The highest BCUT2D eigenvalue weighted by atomic mass is 15.1. The maximum absolute atomic E-state index is 10.2. The lowest BCUT2D eigenvalue weighted by atomic mass is 9.67. The molecule has 0 spiro atoms. The molecule has 0 amide bonds. The number of rotatable bonds is 7. The molecule has 0 saturated carbocycles. The van der Waals surface area contributed by atoms with Crippen LogP contribution in [0.4, 0.5) is 0 Å². The Kier molecular flexibility index (Phi) is 7.45. The third kappa shape index (κ3) is 5.02. The van der Waals surface area contributed by atoms with Gasteiger partial charge in [-0.05, 0) is 88.0 Å². The fourth-order valence-corrected chi connectivity index (χ4v) is 6.05. The predicted octanol–water partition coefficient (Wildman–Crippen LogP) is 7.29. The zero-order valence-corrected chi connectivity index (χ0v) is 22.8. The lowest BCUT2D eigenvalue weighted by molar-refractivity contribution is 0.177. The molecule has 0 N–H and O–H groups in total. The van der Waals surface area contributed by atoms with Crippen LogP contribution in [0.25, 0.3) is 0 Å². The highest BCUT2D eigenvalue weighted by Crippen LogP contribution is 2.43. The Labute approximate surface area is 227 Å². The molecule has 0 radical (unpaired) electrons. The van der Waals surface area contributed by atoms with Gasteiger partial charge in [0.25, 0.3) is 0 Å². The van der Waals surface area contributed by atoms with Crippen molar-refractivity contribution in [3.63, 3.8) is 0 Å². The minimum Gasteiger partial charge on any atom is -0.303 e. The van der Waals surface area contributed by atoms with Gasteiger partial charge in [-0.3, -0.25) is 4.98 Å². The van der Waals surface area contributed by atoms with Crippen LogP contribution < -0.4 is 0 Å². The summed E-state index contributed by atoms with van der Waals surface area (Å²) in [6.45, 7) is 9.18. The number of nitriles is 1. The number of hydrogen-bond donors (Lipinski definition) is 0. The molecular weight excluding hydrogens is 462 g/mol. The van der Waals surface area contributed by atoms with Crippen LogP contribution in [0.1, 0.15) is 58.2 Å². The molecule has 1 saturated heterocycles. The van der Waals surface area contributed by atoms with Crippen molar-refractivity contribution in [1.29, 1.82) is 5.26 Å². The third-order valence-electron chi connectivity index (χ3n) is 8.57. The van der Waals surface area contributed by atoms with Gasteiger partial charge in [0, 0.05) is 17.8 Å². The summed E-state index contributed by atoms with van der Waals surface area (Å²) in [5.41, 5.74) is 8.03. The Bertz CT molecular complexity index is 1330. The fraction of sp³-hybridized carbons (Fsp3) is 0.314. The number of hydrogen-bond acceptors (Lipinski definition) is 3.